The molecule has 0 aliphatic rings. The van der Waals surface area contributed by atoms with Crippen LogP contribution < -0.4 is 11.3 Å². The Labute approximate surface area is 109 Å². The van der Waals surface area contributed by atoms with Crippen molar-refractivity contribution >= 4 is 0 Å². The van der Waals surface area contributed by atoms with E-state index in [1.54, 1.807) is 18.2 Å². The number of nitrogens with one attached hydrogen (secondary N) is 1. The first-order valence-corrected chi connectivity index (χ1v) is 5.76. The predicted molar refractivity (Wildman–Crippen MR) is 66.5 cm³/mol. The topological polar surface area (TPSA) is 38.0 Å². The largest absolute Gasteiger partial charge is 0.271 e. The monoisotopic (exact) mass is 266 g/mol. The molecule has 2 aromatic carbocycles. The van der Waals surface area contributed by atoms with E-state index in [9.17, 15) is 13.2 Å². The Bertz CT molecular complexity index is 572. The second-order valence-corrected chi connectivity index (χ2v) is 4.18. The van der Waals surface area contributed by atoms with Gasteiger partial charge < -0.3 is 0 Å². The number of hydrogen-bond donors (Lipinski definition) is 2. The van der Waals surface area contributed by atoms with Crippen LogP contribution in [0.4, 0.5) is 13.2 Å². The third-order valence-electron chi connectivity index (χ3n) is 2.92. The van der Waals surface area contributed by atoms with Crippen molar-refractivity contribution in [2.75, 3.05) is 0 Å². The minimum atomic E-state index is -0.701. The fraction of sp³-hybridized carbons (Fsp3) is 0.143. The van der Waals surface area contributed by atoms with Crippen molar-refractivity contribution in [1.29, 1.82) is 0 Å². The maximum Gasteiger partial charge on any atom is 0.128 e. The van der Waals surface area contributed by atoms with Crippen LogP contribution in [0.25, 0.3) is 0 Å². The van der Waals surface area contributed by atoms with Crippen LogP contribution >= 0.6 is 0 Å². The van der Waals surface area contributed by atoms with E-state index in [1.165, 1.54) is 6.07 Å². The molecule has 0 aliphatic heterocycles. The average Bonchev–Trinajstić information content (AvgIpc) is 2.41. The molecule has 0 amide bonds. The SMILES string of the molecule is NNC(Cc1ccccc1F)c1cc(F)ccc1F. The molecule has 2 nitrogen and oxygen atoms in total. The standard InChI is InChI=1S/C14H13F3N2/c15-10-5-6-13(17)11(8-10)14(19-18)7-9-3-1-2-4-12(9)16/h1-6,8,14,19H,7,18H2. The van der Waals surface area contributed by atoms with E-state index in [-0.39, 0.29) is 12.0 Å². The molecule has 0 aromatic heterocycles. The maximum atomic E-state index is 13.7. The molecule has 0 aliphatic carbocycles. The van der Waals surface area contributed by atoms with Crippen molar-refractivity contribution in [3.8, 4) is 0 Å². The van der Waals surface area contributed by atoms with Gasteiger partial charge in [0.05, 0.1) is 6.04 Å². The van der Waals surface area contributed by atoms with E-state index in [0.29, 0.717) is 5.56 Å². The lowest BCUT2D eigenvalue weighted by atomic mass is 9.98. The molecule has 0 saturated heterocycles. The molecule has 0 bridgehead atoms. The van der Waals surface area contributed by atoms with Crippen molar-refractivity contribution in [3.63, 3.8) is 0 Å². The van der Waals surface area contributed by atoms with Gasteiger partial charge in [-0.2, -0.15) is 0 Å². The molecule has 0 heterocycles. The lowest BCUT2D eigenvalue weighted by Crippen LogP contribution is -2.30. The molecule has 1 atom stereocenters. The van der Waals surface area contributed by atoms with Crippen molar-refractivity contribution in [1.82, 2.24) is 5.43 Å². The Morgan fingerprint density at radius 3 is 2.42 bits per heavy atom. The van der Waals surface area contributed by atoms with Crippen molar-refractivity contribution in [2.45, 2.75) is 12.5 Å². The molecule has 0 radical (unpaired) electrons. The minimum absolute atomic E-state index is 0.0748. The van der Waals surface area contributed by atoms with Gasteiger partial charge in [0.15, 0.2) is 0 Å². The van der Waals surface area contributed by atoms with Gasteiger partial charge in [-0.05, 0) is 36.2 Å². The highest BCUT2D eigenvalue weighted by atomic mass is 19.1. The fourth-order valence-electron chi connectivity index (χ4n) is 1.92. The number of hydrazine groups is 1. The van der Waals surface area contributed by atoms with Gasteiger partial charge in [0.1, 0.15) is 17.5 Å². The van der Waals surface area contributed by atoms with Crippen LogP contribution in [0.2, 0.25) is 0 Å². The van der Waals surface area contributed by atoms with E-state index in [1.807, 2.05) is 0 Å². The number of halogens is 3. The van der Waals surface area contributed by atoms with Gasteiger partial charge >= 0.3 is 0 Å². The molecule has 5 heteroatoms. The highest BCUT2D eigenvalue weighted by molar-refractivity contribution is 5.26. The van der Waals surface area contributed by atoms with Crippen LogP contribution in [-0.2, 0) is 6.42 Å². The Morgan fingerprint density at radius 2 is 1.74 bits per heavy atom. The second-order valence-electron chi connectivity index (χ2n) is 4.18. The Balaban J connectivity index is 2.30. The van der Waals surface area contributed by atoms with E-state index in [0.717, 1.165) is 18.2 Å². The van der Waals surface area contributed by atoms with Crippen LogP contribution in [0.5, 0.6) is 0 Å². The summed E-state index contributed by atoms with van der Waals surface area (Å²) in [6.07, 6.45) is 0.129. The fourth-order valence-corrected chi connectivity index (χ4v) is 1.92. The first kappa shape index (κ1) is 13.6. The molecule has 2 rings (SSSR count). The molecular formula is C14H13F3N2. The Hall–Kier alpha value is -1.85. The summed E-state index contributed by atoms with van der Waals surface area (Å²) in [5, 5.41) is 0. The summed E-state index contributed by atoms with van der Waals surface area (Å²) >= 11 is 0. The Morgan fingerprint density at radius 1 is 1.00 bits per heavy atom. The summed E-state index contributed by atoms with van der Waals surface area (Å²) in [7, 11) is 0. The van der Waals surface area contributed by atoms with Gasteiger partial charge in [-0.1, -0.05) is 18.2 Å². The smallest absolute Gasteiger partial charge is 0.128 e. The zero-order chi connectivity index (χ0) is 13.8. The van der Waals surface area contributed by atoms with E-state index < -0.39 is 23.5 Å². The molecular weight excluding hydrogens is 253 g/mol. The number of rotatable bonds is 4. The first-order chi connectivity index (χ1) is 9.11. The average molecular weight is 266 g/mol. The van der Waals surface area contributed by atoms with Crippen LogP contribution in [0.3, 0.4) is 0 Å². The van der Waals surface area contributed by atoms with E-state index in [2.05, 4.69) is 5.43 Å². The van der Waals surface area contributed by atoms with Gasteiger partial charge in [-0.15, -0.1) is 0 Å². The lowest BCUT2D eigenvalue weighted by molar-refractivity contribution is 0.492. The summed E-state index contributed by atoms with van der Waals surface area (Å²) in [5.41, 5.74) is 2.85. The molecule has 19 heavy (non-hydrogen) atoms. The lowest BCUT2D eigenvalue weighted by Gasteiger charge is -2.17. The van der Waals surface area contributed by atoms with E-state index in [4.69, 9.17) is 5.84 Å². The van der Waals surface area contributed by atoms with Crippen LogP contribution in [0.15, 0.2) is 42.5 Å². The van der Waals surface area contributed by atoms with Gasteiger partial charge in [-0.3, -0.25) is 11.3 Å². The van der Waals surface area contributed by atoms with Crippen molar-refractivity contribution < 1.29 is 13.2 Å². The number of hydrogen-bond acceptors (Lipinski definition) is 2. The normalized spacial score (nSPS) is 12.4. The maximum absolute atomic E-state index is 13.7. The van der Waals surface area contributed by atoms with Crippen molar-refractivity contribution in [3.05, 3.63) is 71.0 Å². The summed E-state index contributed by atoms with van der Waals surface area (Å²) in [6, 6.07) is 8.53. The number of benzene rings is 2. The highest BCUT2D eigenvalue weighted by Crippen LogP contribution is 2.22. The molecule has 0 fully saturated rings. The molecule has 1 unspecified atom stereocenters. The van der Waals surface area contributed by atoms with Crippen LogP contribution in [-0.4, -0.2) is 0 Å². The van der Waals surface area contributed by atoms with Gasteiger partial charge in [0, 0.05) is 5.56 Å². The van der Waals surface area contributed by atoms with Crippen molar-refractivity contribution in [2.24, 2.45) is 5.84 Å². The highest BCUT2D eigenvalue weighted by Gasteiger charge is 2.17. The molecule has 100 valence electrons. The zero-order valence-electron chi connectivity index (χ0n) is 10.0. The summed E-state index contributed by atoms with van der Waals surface area (Å²) in [6.45, 7) is 0. The first-order valence-electron chi connectivity index (χ1n) is 5.76. The summed E-state index contributed by atoms with van der Waals surface area (Å²) in [5.74, 6) is 3.81. The predicted octanol–water partition coefficient (Wildman–Crippen LogP) is 2.85. The Kier molecular flexibility index (Phi) is 4.19. The molecule has 3 N–H and O–H groups in total. The molecule has 2 aromatic rings. The van der Waals surface area contributed by atoms with Gasteiger partial charge in [0.2, 0.25) is 0 Å². The summed E-state index contributed by atoms with van der Waals surface area (Å²) < 4.78 is 40.4. The van der Waals surface area contributed by atoms with E-state index >= 15 is 0 Å². The second kappa shape index (κ2) is 5.86. The van der Waals surface area contributed by atoms with Gasteiger partial charge in [0.25, 0.3) is 0 Å². The third kappa shape index (κ3) is 3.13. The molecule has 0 saturated carbocycles. The van der Waals surface area contributed by atoms with Crippen LogP contribution in [0.1, 0.15) is 17.2 Å². The quantitative estimate of drug-likeness (QED) is 0.659. The van der Waals surface area contributed by atoms with Crippen LogP contribution in [0, 0.1) is 17.5 Å². The zero-order valence-corrected chi connectivity index (χ0v) is 10.0. The minimum Gasteiger partial charge on any atom is -0.271 e. The summed E-state index contributed by atoms with van der Waals surface area (Å²) in [4.78, 5) is 0. The third-order valence-corrected chi connectivity index (χ3v) is 2.92. The number of nitrogens with two attached hydrogens (primary N) is 1. The molecule has 0 spiro atoms. The van der Waals surface area contributed by atoms with Gasteiger partial charge in [-0.25, -0.2) is 13.2 Å².